The zero-order valence-electron chi connectivity index (χ0n) is 12.5. The summed E-state index contributed by atoms with van der Waals surface area (Å²) in [7, 11) is 0. The Morgan fingerprint density at radius 1 is 0.522 bits per heavy atom. The smallest absolute Gasteiger partial charge is 0.123 e. The molecule has 5 aromatic carbocycles. The number of benzene rings is 5. The molecule has 5 aromatic rings. The average molecular weight is 294 g/mol. The minimum absolute atomic E-state index is 0.344. The van der Waals surface area contributed by atoms with Gasteiger partial charge in [0.05, 0.1) is 0 Å². The predicted molar refractivity (Wildman–Crippen MR) is 97.2 cm³/mol. The highest BCUT2D eigenvalue weighted by Gasteiger charge is 2.13. The van der Waals surface area contributed by atoms with E-state index in [4.69, 9.17) is 0 Å². The van der Waals surface area contributed by atoms with Gasteiger partial charge in [-0.1, -0.05) is 72.8 Å². The minimum atomic E-state index is 0.344. The summed E-state index contributed by atoms with van der Waals surface area (Å²) in [6.07, 6.45) is 0. The molecule has 0 heterocycles. The molecule has 108 valence electrons. The van der Waals surface area contributed by atoms with E-state index in [1.165, 1.54) is 32.7 Å². The molecule has 0 saturated carbocycles. The van der Waals surface area contributed by atoms with Crippen molar-refractivity contribution < 1.29 is 5.11 Å². The molecule has 1 heteroatoms. The van der Waals surface area contributed by atoms with Crippen LogP contribution in [0.25, 0.3) is 43.4 Å². The van der Waals surface area contributed by atoms with Gasteiger partial charge in [-0.3, -0.25) is 0 Å². The van der Waals surface area contributed by atoms with Crippen LogP contribution in [0.3, 0.4) is 0 Å². The third-order valence-corrected chi connectivity index (χ3v) is 4.73. The fraction of sp³-hybridized carbons (Fsp3) is 0. The Kier molecular flexibility index (Phi) is 2.42. The molecule has 23 heavy (non-hydrogen) atoms. The SMILES string of the molecule is Oc1ccc2ccc3c(-c4ccccc4)ccc4ccc1c2c43. The molecule has 0 fully saturated rings. The maximum atomic E-state index is 10.2. The lowest BCUT2D eigenvalue weighted by molar-refractivity contribution is 0.482. The van der Waals surface area contributed by atoms with Crippen molar-refractivity contribution in [2.75, 3.05) is 0 Å². The van der Waals surface area contributed by atoms with Gasteiger partial charge in [0.15, 0.2) is 0 Å². The van der Waals surface area contributed by atoms with E-state index in [2.05, 4.69) is 54.6 Å². The predicted octanol–water partition coefficient (Wildman–Crippen LogP) is 5.96. The van der Waals surface area contributed by atoms with Crippen LogP contribution in [0.1, 0.15) is 0 Å². The Balaban J connectivity index is 2.03. The van der Waals surface area contributed by atoms with Gasteiger partial charge < -0.3 is 5.11 Å². The summed E-state index contributed by atoms with van der Waals surface area (Å²) in [5.74, 6) is 0.344. The summed E-state index contributed by atoms with van der Waals surface area (Å²) in [6, 6.07) is 27.1. The van der Waals surface area contributed by atoms with Crippen molar-refractivity contribution in [1.29, 1.82) is 0 Å². The van der Waals surface area contributed by atoms with Gasteiger partial charge in [-0.05, 0) is 38.7 Å². The Bertz CT molecular complexity index is 1160. The molecule has 0 aliphatic rings. The van der Waals surface area contributed by atoms with Crippen molar-refractivity contribution in [2.45, 2.75) is 0 Å². The second-order valence-electron chi connectivity index (χ2n) is 5.99. The standard InChI is InChI=1S/C22H14O/c23-20-13-9-16-7-11-18-17(14-4-2-1-3-5-14)10-6-15-8-12-19(20)22(16)21(15)18/h1-13,23H. The lowest BCUT2D eigenvalue weighted by Crippen LogP contribution is -1.87. The fourth-order valence-corrected chi connectivity index (χ4v) is 3.66. The van der Waals surface area contributed by atoms with Crippen molar-refractivity contribution in [1.82, 2.24) is 0 Å². The second-order valence-corrected chi connectivity index (χ2v) is 5.99. The first-order valence-electron chi connectivity index (χ1n) is 7.78. The summed E-state index contributed by atoms with van der Waals surface area (Å²) in [4.78, 5) is 0. The van der Waals surface area contributed by atoms with Gasteiger partial charge in [0.2, 0.25) is 0 Å². The van der Waals surface area contributed by atoms with Crippen molar-refractivity contribution in [3.05, 3.63) is 78.9 Å². The summed E-state index contributed by atoms with van der Waals surface area (Å²) in [5.41, 5.74) is 2.45. The van der Waals surface area contributed by atoms with Crippen LogP contribution in [-0.4, -0.2) is 5.11 Å². The van der Waals surface area contributed by atoms with Crippen LogP contribution in [0, 0.1) is 0 Å². The van der Waals surface area contributed by atoms with E-state index < -0.39 is 0 Å². The first-order valence-corrected chi connectivity index (χ1v) is 7.78. The number of phenols is 1. The van der Waals surface area contributed by atoms with Crippen LogP contribution in [-0.2, 0) is 0 Å². The lowest BCUT2D eigenvalue weighted by Gasteiger charge is -2.14. The molecular weight excluding hydrogens is 280 g/mol. The van der Waals surface area contributed by atoms with Gasteiger partial charge in [0, 0.05) is 10.8 Å². The van der Waals surface area contributed by atoms with Crippen molar-refractivity contribution >= 4 is 32.3 Å². The topological polar surface area (TPSA) is 20.2 Å². The van der Waals surface area contributed by atoms with Gasteiger partial charge in [0.1, 0.15) is 5.75 Å². The summed E-state index contributed by atoms with van der Waals surface area (Å²) >= 11 is 0. The molecule has 0 aliphatic carbocycles. The molecule has 0 bridgehead atoms. The van der Waals surface area contributed by atoms with Crippen molar-refractivity contribution in [3.63, 3.8) is 0 Å². The molecule has 0 unspecified atom stereocenters. The van der Waals surface area contributed by atoms with Gasteiger partial charge in [-0.2, -0.15) is 0 Å². The third-order valence-electron chi connectivity index (χ3n) is 4.73. The zero-order valence-corrected chi connectivity index (χ0v) is 12.5. The van der Waals surface area contributed by atoms with Crippen LogP contribution in [0.5, 0.6) is 5.75 Å². The van der Waals surface area contributed by atoms with Crippen LogP contribution in [0.4, 0.5) is 0 Å². The monoisotopic (exact) mass is 294 g/mol. The second kappa shape index (κ2) is 4.47. The molecule has 5 rings (SSSR count). The molecule has 0 aromatic heterocycles. The van der Waals surface area contributed by atoms with Crippen molar-refractivity contribution in [3.8, 4) is 16.9 Å². The van der Waals surface area contributed by atoms with E-state index in [1.54, 1.807) is 6.07 Å². The van der Waals surface area contributed by atoms with Gasteiger partial charge in [-0.15, -0.1) is 0 Å². The number of aromatic hydroxyl groups is 1. The molecule has 0 saturated heterocycles. The van der Waals surface area contributed by atoms with Gasteiger partial charge in [0.25, 0.3) is 0 Å². The van der Waals surface area contributed by atoms with Crippen LogP contribution in [0.15, 0.2) is 78.9 Å². The van der Waals surface area contributed by atoms with Gasteiger partial charge in [-0.25, -0.2) is 0 Å². The number of hydrogen-bond donors (Lipinski definition) is 1. The molecule has 0 amide bonds. The Labute approximate surface area is 133 Å². The molecular formula is C22H14O. The van der Waals surface area contributed by atoms with Crippen LogP contribution in [0.2, 0.25) is 0 Å². The lowest BCUT2D eigenvalue weighted by atomic mass is 9.89. The Morgan fingerprint density at radius 2 is 1.13 bits per heavy atom. The highest BCUT2D eigenvalue weighted by Crippen LogP contribution is 2.41. The maximum absolute atomic E-state index is 10.2. The third kappa shape index (κ3) is 1.68. The van der Waals surface area contributed by atoms with E-state index in [0.717, 1.165) is 10.8 Å². The fourth-order valence-electron chi connectivity index (χ4n) is 3.66. The Morgan fingerprint density at radius 3 is 1.91 bits per heavy atom. The first-order chi connectivity index (χ1) is 11.3. The largest absolute Gasteiger partial charge is 0.507 e. The average Bonchev–Trinajstić information content (AvgIpc) is 2.62. The molecule has 0 spiro atoms. The Hall–Kier alpha value is -3.06. The molecule has 0 radical (unpaired) electrons. The summed E-state index contributed by atoms with van der Waals surface area (Å²) in [6.45, 7) is 0. The van der Waals surface area contributed by atoms with E-state index >= 15 is 0 Å². The number of rotatable bonds is 1. The van der Waals surface area contributed by atoms with E-state index in [-0.39, 0.29) is 0 Å². The quantitative estimate of drug-likeness (QED) is 0.378. The first kappa shape index (κ1) is 12.5. The molecule has 1 nitrogen and oxygen atoms in total. The highest BCUT2D eigenvalue weighted by molar-refractivity contribution is 6.26. The van der Waals surface area contributed by atoms with Crippen LogP contribution >= 0.6 is 0 Å². The normalized spacial score (nSPS) is 11.7. The highest BCUT2D eigenvalue weighted by atomic mass is 16.3. The van der Waals surface area contributed by atoms with E-state index in [9.17, 15) is 5.11 Å². The molecule has 1 N–H and O–H groups in total. The van der Waals surface area contributed by atoms with Crippen molar-refractivity contribution in [2.24, 2.45) is 0 Å². The van der Waals surface area contributed by atoms with E-state index in [1.807, 2.05) is 18.2 Å². The minimum Gasteiger partial charge on any atom is -0.507 e. The van der Waals surface area contributed by atoms with E-state index in [0.29, 0.717) is 5.75 Å². The molecule has 0 aliphatic heterocycles. The number of hydrogen-bond acceptors (Lipinski definition) is 1. The number of phenolic OH excluding ortho intramolecular Hbond substituents is 1. The van der Waals surface area contributed by atoms with Crippen LogP contribution < -0.4 is 0 Å². The zero-order chi connectivity index (χ0) is 15.4. The summed E-state index contributed by atoms with van der Waals surface area (Å²) in [5, 5.41) is 17.2. The summed E-state index contributed by atoms with van der Waals surface area (Å²) < 4.78 is 0. The van der Waals surface area contributed by atoms with Gasteiger partial charge >= 0.3 is 0 Å². The molecule has 0 atom stereocenters. The maximum Gasteiger partial charge on any atom is 0.123 e.